The van der Waals surface area contributed by atoms with Gasteiger partial charge in [0.05, 0.1) is 23.7 Å². The Morgan fingerprint density at radius 2 is 1.68 bits per heavy atom. The highest BCUT2D eigenvalue weighted by Crippen LogP contribution is 2.40. The normalized spacial score (nSPS) is 13.2. The topological polar surface area (TPSA) is 60.1 Å². The predicted octanol–water partition coefficient (Wildman–Crippen LogP) is 5.19. The van der Waals surface area contributed by atoms with E-state index in [-0.39, 0.29) is 5.56 Å². The molecule has 0 bridgehead atoms. The second kappa shape index (κ2) is 8.28. The molecule has 5 aromatic rings. The van der Waals surface area contributed by atoms with Crippen molar-refractivity contribution in [2.45, 2.75) is 12.5 Å². The molecule has 1 atom stereocenters. The van der Waals surface area contributed by atoms with E-state index in [1.807, 2.05) is 68.6 Å². The Morgan fingerprint density at radius 3 is 2.38 bits per heavy atom. The summed E-state index contributed by atoms with van der Waals surface area (Å²) in [4.78, 5) is 17.0. The van der Waals surface area contributed by atoms with E-state index in [1.54, 1.807) is 46.9 Å². The minimum absolute atomic E-state index is 0.0877. The molecule has 5 nitrogen and oxygen atoms in total. The molecule has 0 aliphatic heterocycles. The average Bonchev–Trinajstić information content (AvgIpc) is 3.27. The summed E-state index contributed by atoms with van der Waals surface area (Å²) in [5.41, 5.74) is 3.95. The van der Waals surface area contributed by atoms with Crippen molar-refractivity contribution in [1.29, 1.82) is 0 Å². The number of rotatable bonds is 4. The molecule has 1 unspecified atom stereocenters. The third kappa shape index (κ3) is 3.45. The third-order valence-corrected chi connectivity index (χ3v) is 6.76. The van der Waals surface area contributed by atoms with Crippen molar-refractivity contribution in [3.8, 4) is 11.1 Å². The minimum Gasteiger partial charge on any atom is -0.374 e. The molecule has 0 radical (unpaired) electrons. The number of fused-ring (bicyclic) bond motifs is 1. The van der Waals surface area contributed by atoms with Crippen LogP contribution in [0.3, 0.4) is 0 Å². The lowest BCUT2D eigenvalue weighted by molar-refractivity contribution is 0.117. The van der Waals surface area contributed by atoms with Crippen LogP contribution in [0.1, 0.15) is 22.4 Å². The summed E-state index contributed by atoms with van der Waals surface area (Å²) in [6.07, 6.45) is 3.32. The molecule has 0 saturated carbocycles. The molecule has 3 aromatic carbocycles. The van der Waals surface area contributed by atoms with Crippen LogP contribution in [0.4, 0.5) is 0 Å². The van der Waals surface area contributed by atoms with Crippen molar-refractivity contribution in [3.05, 3.63) is 123 Å². The maximum absolute atomic E-state index is 12.8. The van der Waals surface area contributed by atoms with Crippen LogP contribution < -0.4 is 5.56 Å². The first-order chi connectivity index (χ1) is 16.3. The first kappa shape index (κ1) is 22.1. The van der Waals surface area contributed by atoms with Crippen LogP contribution in [0.5, 0.6) is 0 Å². The molecular weight excluding hydrogens is 446 g/mol. The third-order valence-electron chi connectivity index (χ3n) is 6.53. The fourth-order valence-electron chi connectivity index (χ4n) is 4.67. The van der Waals surface area contributed by atoms with Crippen molar-refractivity contribution in [1.82, 2.24) is 14.1 Å². The number of aliphatic hydroxyl groups is 1. The smallest absolute Gasteiger partial charge is 0.251 e. The van der Waals surface area contributed by atoms with Gasteiger partial charge in [-0.1, -0.05) is 54.1 Å². The second-order valence-corrected chi connectivity index (χ2v) is 9.05. The number of halogens is 1. The number of hydrogen-bond acceptors (Lipinski definition) is 3. The van der Waals surface area contributed by atoms with Gasteiger partial charge in [-0.25, -0.2) is 4.98 Å². The van der Waals surface area contributed by atoms with Gasteiger partial charge in [-0.3, -0.25) is 4.79 Å². The van der Waals surface area contributed by atoms with E-state index in [4.69, 9.17) is 11.6 Å². The summed E-state index contributed by atoms with van der Waals surface area (Å²) in [6, 6.07) is 22.6. The lowest BCUT2D eigenvalue weighted by atomic mass is 9.82. The van der Waals surface area contributed by atoms with Crippen molar-refractivity contribution in [2.75, 3.05) is 0 Å². The molecule has 34 heavy (non-hydrogen) atoms. The molecule has 0 aliphatic carbocycles. The Balaban J connectivity index is 1.86. The molecular formula is C28H24ClN3O2. The predicted molar refractivity (Wildman–Crippen MR) is 136 cm³/mol. The first-order valence-corrected chi connectivity index (χ1v) is 11.3. The van der Waals surface area contributed by atoms with Crippen LogP contribution in [-0.4, -0.2) is 19.2 Å². The van der Waals surface area contributed by atoms with Crippen LogP contribution in [-0.2, 0) is 19.7 Å². The van der Waals surface area contributed by atoms with Crippen LogP contribution in [0.25, 0.3) is 22.0 Å². The highest BCUT2D eigenvalue weighted by molar-refractivity contribution is 6.30. The standard InChI is InChI=1S/C28H24ClN3O2/c1-18-7-4-5-10-22(18)23-15-27(33)32(3)25-12-11-20(14-24(23)25)28(34,26-16-30-17-31(26)2)19-8-6-9-21(29)13-19/h4-17,34H,1-3H3. The summed E-state index contributed by atoms with van der Waals surface area (Å²) >= 11 is 6.32. The molecule has 5 rings (SSSR count). The summed E-state index contributed by atoms with van der Waals surface area (Å²) in [5, 5.41) is 13.7. The molecule has 0 spiro atoms. The first-order valence-electron chi connectivity index (χ1n) is 11.0. The highest BCUT2D eigenvalue weighted by atomic mass is 35.5. The van der Waals surface area contributed by atoms with Gasteiger partial charge in [-0.05, 0) is 59.0 Å². The molecule has 0 saturated heterocycles. The summed E-state index contributed by atoms with van der Waals surface area (Å²) < 4.78 is 3.43. The Morgan fingerprint density at radius 1 is 0.912 bits per heavy atom. The summed E-state index contributed by atoms with van der Waals surface area (Å²) in [6.45, 7) is 2.03. The van der Waals surface area contributed by atoms with Gasteiger partial charge in [0.1, 0.15) is 0 Å². The van der Waals surface area contributed by atoms with Gasteiger partial charge in [0, 0.05) is 30.6 Å². The van der Waals surface area contributed by atoms with Gasteiger partial charge in [-0.2, -0.15) is 0 Å². The Labute approximate surface area is 202 Å². The number of imidazole rings is 1. The van der Waals surface area contributed by atoms with E-state index >= 15 is 0 Å². The number of nitrogens with zero attached hydrogens (tertiary/aromatic N) is 3. The van der Waals surface area contributed by atoms with E-state index in [0.717, 1.165) is 27.6 Å². The van der Waals surface area contributed by atoms with E-state index in [2.05, 4.69) is 4.98 Å². The fraction of sp³-hybridized carbons (Fsp3) is 0.143. The Kier molecular flexibility index (Phi) is 5.39. The Bertz CT molecular complexity index is 1600. The number of pyridine rings is 1. The number of aromatic nitrogens is 3. The van der Waals surface area contributed by atoms with Gasteiger partial charge in [0.2, 0.25) is 0 Å². The maximum Gasteiger partial charge on any atom is 0.251 e. The molecule has 1 N–H and O–H groups in total. The molecule has 170 valence electrons. The molecule has 0 amide bonds. The lowest BCUT2D eigenvalue weighted by Crippen LogP contribution is -2.31. The van der Waals surface area contributed by atoms with E-state index in [0.29, 0.717) is 21.8 Å². The zero-order valence-corrected chi connectivity index (χ0v) is 19.9. The molecule has 2 aromatic heterocycles. The zero-order valence-electron chi connectivity index (χ0n) is 19.2. The number of aryl methyl sites for hydroxylation is 3. The quantitative estimate of drug-likeness (QED) is 0.394. The van der Waals surface area contributed by atoms with Crippen LogP contribution in [0.2, 0.25) is 5.02 Å². The Hall–Kier alpha value is -3.67. The van der Waals surface area contributed by atoms with Gasteiger partial charge in [0.15, 0.2) is 5.60 Å². The highest BCUT2D eigenvalue weighted by Gasteiger charge is 2.37. The second-order valence-electron chi connectivity index (χ2n) is 8.61. The number of hydrogen-bond donors (Lipinski definition) is 1. The minimum atomic E-state index is -1.51. The van der Waals surface area contributed by atoms with Gasteiger partial charge in [-0.15, -0.1) is 0 Å². The SMILES string of the molecule is Cc1ccccc1-c1cc(=O)n(C)c2ccc(C(O)(c3cccc(Cl)c3)c3cncn3C)cc12. The molecule has 0 fully saturated rings. The van der Waals surface area contributed by atoms with Gasteiger partial charge >= 0.3 is 0 Å². The fourth-order valence-corrected chi connectivity index (χ4v) is 4.86. The molecule has 2 heterocycles. The summed E-state index contributed by atoms with van der Waals surface area (Å²) in [5.74, 6) is 0. The van der Waals surface area contributed by atoms with Crippen molar-refractivity contribution < 1.29 is 5.11 Å². The maximum atomic E-state index is 12.8. The van der Waals surface area contributed by atoms with Gasteiger partial charge in [0.25, 0.3) is 5.56 Å². The van der Waals surface area contributed by atoms with Crippen LogP contribution in [0, 0.1) is 6.92 Å². The summed E-state index contributed by atoms with van der Waals surface area (Å²) in [7, 11) is 3.61. The van der Waals surface area contributed by atoms with Crippen molar-refractivity contribution >= 4 is 22.5 Å². The largest absolute Gasteiger partial charge is 0.374 e. The number of benzene rings is 3. The monoisotopic (exact) mass is 469 g/mol. The van der Waals surface area contributed by atoms with E-state index < -0.39 is 5.60 Å². The van der Waals surface area contributed by atoms with Crippen LogP contribution >= 0.6 is 11.6 Å². The van der Waals surface area contributed by atoms with Gasteiger partial charge < -0.3 is 14.2 Å². The molecule has 0 aliphatic rings. The van der Waals surface area contributed by atoms with Crippen LogP contribution in [0.15, 0.2) is 90.1 Å². The lowest BCUT2D eigenvalue weighted by Gasteiger charge is -2.30. The van der Waals surface area contributed by atoms with E-state index in [9.17, 15) is 9.90 Å². The zero-order chi connectivity index (χ0) is 24.0. The van der Waals surface area contributed by atoms with Crippen molar-refractivity contribution in [3.63, 3.8) is 0 Å². The van der Waals surface area contributed by atoms with Crippen molar-refractivity contribution in [2.24, 2.45) is 14.1 Å². The van der Waals surface area contributed by atoms with E-state index in [1.165, 1.54) is 0 Å². The average molecular weight is 470 g/mol. The molecule has 6 heteroatoms.